The third-order valence-corrected chi connectivity index (χ3v) is 3.53. The van der Waals surface area contributed by atoms with Crippen LogP contribution in [0, 0.1) is 11.6 Å². The molecule has 6 heteroatoms. The number of nitrogens with one attached hydrogen (secondary N) is 1. The van der Waals surface area contributed by atoms with Crippen LogP contribution < -0.4 is 5.32 Å². The minimum Gasteiger partial charge on any atom is -0.460 e. The lowest BCUT2D eigenvalue weighted by atomic mass is 10.1. The van der Waals surface area contributed by atoms with Crippen molar-refractivity contribution in [2.75, 3.05) is 6.61 Å². The maximum absolute atomic E-state index is 13.4. The Morgan fingerprint density at radius 2 is 1.78 bits per heavy atom. The molecule has 1 atom stereocenters. The number of rotatable bonds is 8. The van der Waals surface area contributed by atoms with E-state index in [0.717, 1.165) is 23.8 Å². The Bertz CT molecular complexity index is 814. The van der Waals surface area contributed by atoms with Gasteiger partial charge in [0.15, 0.2) is 0 Å². The van der Waals surface area contributed by atoms with E-state index in [0.29, 0.717) is 0 Å². The van der Waals surface area contributed by atoms with Crippen LogP contribution in [-0.2, 0) is 20.7 Å². The molecule has 0 aromatic heterocycles. The Hall–Kier alpha value is -3.28. The van der Waals surface area contributed by atoms with Crippen molar-refractivity contribution in [2.45, 2.75) is 12.5 Å². The SMILES string of the molecule is C=CCOC(=O)C(Cc1cc(F)cc(F)c1)NC(=O)/C=C/c1ccccc1. The summed E-state index contributed by atoms with van der Waals surface area (Å²) < 4.78 is 31.7. The van der Waals surface area contributed by atoms with Gasteiger partial charge in [-0.2, -0.15) is 0 Å². The Kier molecular flexibility index (Phi) is 7.43. The highest BCUT2D eigenvalue weighted by molar-refractivity contribution is 5.94. The molecule has 1 amide bonds. The van der Waals surface area contributed by atoms with Crippen molar-refractivity contribution in [1.82, 2.24) is 5.32 Å². The number of halogens is 2. The molecule has 2 aromatic rings. The number of hydrogen-bond donors (Lipinski definition) is 1. The lowest BCUT2D eigenvalue weighted by Crippen LogP contribution is -2.42. The summed E-state index contributed by atoms with van der Waals surface area (Å²) in [6.07, 6.45) is 4.13. The molecule has 0 radical (unpaired) electrons. The van der Waals surface area contributed by atoms with E-state index in [1.165, 1.54) is 12.2 Å². The van der Waals surface area contributed by atoms with E-state index >= 15 is 0 Å². The minimum atomic E-state index is -1.10. The van der Waals surface area contributed by atoms with Crippen LogP contribution >= 0.6 is 0 Å². The van der Waals surface area contributed by atoms with Crippen LogP contribution in [0.2, 0.25) is 0 Å². The number of carbonyl (C=O) groups excluding carboxylic acids is 2. The number of hydrogen-bond acceptors (Lipinski definition) is 3. The zero-order valence-electron chi connectivity index (χ0n) is 14.5. The normalized spacial score (nSPS) is 11.8. The van der Waals surface area contributed by atoms with E-state index in [1.807, 2.05) is 30.3 Å². The highest BCUT2D eigenvalue weighted by Gasteiger charge is 2.22. The molecule has 27 heavy (non-hydrogen) atoms. The summed E-state index contributed by atoms with van der Waals surface area (Å²) in [5.74, 6) is -2.78. The number of carbonyl (C=O) groups is 2. The second kappa shape index (κ2) is 10.0. The van der Waals surface area contributed by atoms with Gasteiger partial charge in [0.1, 0.15) is 24.3 Å². The van der Waals surface area contributed by atoms with Crippen LogP contribution in [0.1, 0.15) is 11.1 Å². The van der Waals surface area contributed by atoms with E-state index in [1.54, 1.807) is 6.08 Å². The van der Waals surface area contributed by atoms with E-state index in [9.17, 15) is 18.4 Å². The first kappa shape index (κ1) is 20.0. The number of benzene rings is 2. The van der Waals surface area contributed by atoms with Gasteiger partial charge >= 0.3 is 5.97 Å². The van der Waals surface area contributed by atoms with Crippen LogP contribution in [-0.4, -0.2) is 24.5 Å². The fourth-order valence-electron chi connectivity index (χ4n) is 2.36. The predicted molar refractivity (Wildman–Crippen MR) is 98.6 cm³/mol. The van der Waals surface area contributed by atoms with Crippen molar-refractivity contribution in [3.05, 3.63) is 90.0 Å². The molecule has 0 aliphatic heterocycles. The lowest BCUT2D eigenvalue weighted by Gasteiger charge is -2.16. The first-order chi connectivity index (χ1) is 13.0. The summed E-state index contributed by atoms with van der Waals surface area (Å²) in [7, 11) is 0. The van der Waals surface area contributed by atoms with Crippen molar-refractivity contribution >= 4 is 18.0 Å². The molecule has 1 N–H and O–H groups in total. The topological polar surface area (TPSA) is 55.4 Å². The maximum Gasteiger partial charge on any atom is 0.329 e. The molecule has 2 rings (SSSR count). The highest BCUT2D eigenvalue weighted by Crippen LogP contribution is 2.11. The van der Waals surface area contributed by atoms with Crippen molar-refractivity contribution in [1.29, 1.82) is 0 Å². The molecule has 0 spiro atoms. The molecule has 0 heterocycles. The fourth-order valence-corrected chi connectivity index (χ4v) is 2.36. The second-order valence-electron chi connectivity index (χ2n) is 5.71. The predicted octanol–water partition coefficient (Wildman–Crippen LogP) is 3.43. The Morgan fingerprint density at radius 1 is 1.11 bits per heavy atom. The van der Waals surface area contributed by atoms with E-state index in [4.69, 9.17) is 4.74 Å². The number of amides is 1. The van der Waals surface area contributed by atoms with E-state index in [2.05, 4.69) is 11.9 Å². The molecule has 0 aliphatic rings. The van der Waals surface area contributed by atoms with Gasteiger partial charge < -0.3 is 10.1 Å². The summed E-state index contributed by atoms with van der Waals surface area (Å²) in [5, 5.41) is 2.50. The van der Waals surface area contributed by atoms with Gasteiger partial charge in [-0.3, -0.25) is 4.79 Å². The quantitative estimate of drug-likeness (QED) is 0.439. The highest BCUT2D eigenvalue weighted by atomic mass is 19.1. The first-order valence-electron chi connectivity index (χ1n) is 8.24. The molecule has 0 fully saturated rings. The molecular formula is C21H19F2NO3. The molecule has 4 nitrogen and oxygen atoms in total. The second-order valence-corrected chi connectivity index (χ2v) is 5.71. The summed E-state index contributed by atoms with van der Waals surface area (Å²) in [6.45, 7) is 3.41. The van der Waals surface area contributed by atoms with Crippen LogP contribution in [0.25, 0.3) is 6.08 Å². The number of esters is 1. The molecule has 140 valence electrons. The number of ether oxygens (including phenoxy) is 1. The Labute approximate surface area is 156 Å². The summed E-state index contributed by atoms with van der Waals surface area (Å²) >= 11 is 0. The molecule has 0 bridgehead atoms. The van der Waals surface area contributed by atoms with E-state index < -0.39 is 29.6 Å². The van der Waals surface area contributed by atoms with Gasteiger partial charge in [-0.25, -0.2) is 13.6 Å². The van der Waals surface area contributed by atoms with Crippen molar-refractivity contribution in [2.24, 2.45) is 0 Å². The molecule has 0 aliphatic carbocycles. The van der Waals surface area contributed by atoms with Gasteiger partial charge in [-0.1, -0.05) is 43.0 Å². The van der Waals surface area contributed by atoms with Gasteiger partial charge in [0.2, 0.25) is 5.91 Å². The van der Waals surface area contributed by atoms with Crippen LogP contribution in [0.4, 0.5) is 8.78 Å². The largest absolute Gasteiger partial charge is 0.460 e. The molecule has 1 unspecified atom stereocenters. The van der Waals surface area contributed by atoms with Gasteiger partial charge in [0.05, 0.1) is 0 Å². The van der Waals surface area contributed by atoms with Crippen LogP contribution in [0.3, 0.4) is 0 Å². The minimum absolute atomic E-state index is 0.0391. The third kappa shape index (κ3) is 6.86. The monoisotopic (exact) mass is 371 g/mol. The van der Waals surface area contributed by atoms with Gasteiger partial charge in [0.25, 0.3) is 0 Å². The average molecular weight is 371 g/mol. The Morgan fingerprint density at radius 3 is 2.41 bits per heavy atom. The Balaban J connectivity index is 2.11. The molecule has 0 saturated heterocycles. The molecule has 2 aromatic carbocycles. The summed E-state index contributed by atoms with van der Waals surface area (Å²) in [6, 6.07) is 11.0. The molecule has 0 saturated carbocycles. The lowest BCUT2D eigenvalue weighted by molar-refractivity contribution is -0.146. The van der Waals surface area contributed by atoms with Crippen molar-refractivity contribution < 1.29 is 23.1 Å². The standard InChI is InChI=1S/C21H19F2NO3/c1-2-10-27-21(26)19(13-16-11-17(22)14-18(23)12-16)24-20(25)9-8-15-6-4-3-5-7-15/h2-9,11-12,14,19H,1,10,13H2,(H,24,25)/b9-8+. The van der Waals surface area contributed by atoms with Crippen molar-refractivity contribution in [3.63, 3.8) is 0 Å². The average Bonchev–Trinajstić information content (AvgIpc) is 2.64. The van der Waals surface area contributed by atoms with Gasteiger partial charge in [-0.15, -0.1) is 0 Å². The summed E-state index contributed by atoms with van der Waals surface area (Å²) in [5.41, 5.74) is 1.03. The zero-order chi connectivity index (χ0) is 19.6. The first-order valence-corrected chi connectivity index (χ1v) is 8.24. The van der Waals surface area contributed by atoms with Crippen molar-refractivity contribution in [3.8, 4) is 0 Å². The maximum atomic E-state index is 13.4. The molecular weight excluding hydrogens is 352 g/mol. The van der Waals surface area contributed by atoms with Crippen LogP contribution in [0.15, 0.2) is 67.3 Å². The zero-order valence-corrected chi connectivity index (χ0v) is 14.5. The fraction of sp³-hybridized carbons (Fsp3) is 0.143. The van der Waals surface area contributed by atoms with E-state index in [-0.39, 0.29) is 18.6 Å². The van der Waals surface area contributed by atoms with Gasteiger partial charge in [0, 0.05) is 18.6 Å². The third-order valence-electron chi connectivity index (χ3n) is 3.53. The summed E-state index contributed by atoms with van der Waals surface area (Å²) in [4.78, 5) is 24.3. The van der Waals surface area contributed by atoms with Gasteiger partial charge in [-0.05, 0) is 29.3 Å². The smallest absolute Gasteiger partial charge is 0.329 e. The van der Waals surface area contributed by atoms with Crippen LogP contribution in [0.5, 0.6) is 0 Å².